The highest BCUT2D eigenvalue weighted by Crippen LogP contribution is 2.36. The van der Waals surface area contributed by atoms with E-state index in [0.29, 0.717) is 6.07 Å². The Morgan fingerprint density at radius 3 is 2.30 bits per heavy atom. The molecule has 0 heterocycles. The molecule has 2 rings (SSSR count). The Morgan fingerprint density at radius 2 is 1.75 bits per heavy atom. The maximum Gasteiger partial charge on any atom is 0.416 e. The van der Waals surface area contributed by atoms with Gasteiger partial charge in [0.25, 0.3) is 5.69 Å². The molecular weight excluding hydrogens is 278 g/mol. The lowest BCUT2D eigenvalue weighted by Crippen LogP contribution is -2.06. The first-order chi connectivity index (χ1) is 9.29. The average Bonchev–Trinajstić information content (AvgIpc) is 2.37. The van der Waals surface area contributed by atoms with Gasteiger partial charge in [0.15, 0.2) is 0 Å². The molecule has 0 unspecified atom stereocenters. The van der Waals surface area contributed by atoms with E-state index in [2.05, 4.69) is 0 Å². The number of benzene rings is 2. The zero-order chi connectivity index (χ0) is 14.9. The van der Waals surface area contributed by atoms with Crippen LogP contribution in [0.25, 0.3) is 11.1 Å². The zero-order valence-electron chi connectivity index (χ0n) is 9.82. The fraction of sp³-hybridized carbons (Fsp3) is 0.0769. The number of rotatable bonds is 2. The number of nitrogens with zero attached hydrogens (tertiary/aromatic N) is 1. The average molecular weight is 285 g/mol. The van der Waals surface area contributed by atoms with Gasteiger partial charge >= 0.3 is 6.18 Å². The van der Waals surface area contributed by atoms with Crippen molar-refractivity contribution in [3.63, 3.8) is 0 Å². The zero-order valence-corrected chi connectivity index (χ0v) is 9.82. The van der Waals surface area contributed by atoms with Gasteiger partial charge in [-0.1, -0.05) is 12.1 Å². The predicted octanol–water partition coefficient (Wildman–Crippen LogP) is 4.42. The topological polar surface area (TPSA) is 43.1 Å². The Kier molecular flexibility index (Phi) is 3.44. The molecule has 2 aromatic rings. The maximum atomic E-state index is 13.1. The van der Waals surface area contributed by atoms with Gasteiger partial charge in [-0.05, 0) is 29.8 Å². The first-order valence-electron chi connectivity index (χ1n) is 5.40. The van der Waals surface area contributed by atoms with Crippen LogP contribution in [0.4, 0.5) is 23.2 Å². The molecule has 0 saturated carbocycles. The van der Waals surface area contributed by atoms with Gasteiger partial charge in [-0.15, -0.1) is 0 Å². The molecule has 0 atom stereocenters. The van der Waals surface area contributed by atoms with Crippen molar-refractivity contribution in [2.45, 2.75) is 6.18 Å². The number of nitro benzene ring substituents is 1. The van der Waals surface area contributed by atoms with Crippen molar-refractivity contribution in [2.75, 3.05) is 0 Å². The van der Waals surface area contributed by atoms with Gasteiger partial charge in [-0.2, -0.15) is 13.2 Å². The third kappa shape index (κ3) is 2.76. The van der Waals surface area contributed by atoms with Crippen molar-refractivity contribution in [2.24, 2.45) is 0 Å². The standard InChI is InChI=1S/C13H7F4NO2/c14-10-3-1-2-8(6-10)11-5-4-9(13(15,16)17)7-12(11)18(19)20/h1-7H. The van der Waals surface area contributed by atoms with E-state index in [1.807, 2.05) is 0 Å². The third-order valence-electron chi connectivity index (χ3n) is 2.66. The largest absolute Gasteiger partial charge is 0.416 e. The minimum absolute atomic E-state index is 0.0671. The van der Waals surface area contributed by atoms with E-state index in [4.69, 9.17) is 0 Å². The Labute approximate surface area is 110 Å². The normalized spacial score (nSPS) is 11.4. The van der Waals surface area contributed by atoms with Crippen LogP contribution in [0.3, 0.4) is 0 Å². The second kappa shape index (κ2) is 4.92. The number of hydrogen-bond donors (Lipinski definition) is 0. The summed E-state index contributed by atoms with van der Waals surface area (Å²) in [5, 5.41) is 10.9. The monoisotopic (exact) mass is 285 g/mol. The molecule has 0 saturated heterocycles. The number of hydrogen-bond acceptors (Lipinski definition) is 2. The first kappa shape index (κ1) is 14.0. The highest BCUT2D eigenvalue weighted by molar-refractivity contribution is 5.74. The van der Waals surface area contributed by atoms with Gasteiger partial charge in [0.05, 0.1) is 16.1 Å². The third-order valence-corrected chi connectivity index (χ3v) is 2.66. The smallest absolute Gasteiger partial charge is 0.258 e. The summed E-state index contributed by atoms with van der Waals surface area (Å²) >= 11 is 0. The molecule has 7 heteroatoms. The summed E-state index contributed by atoms with van der Waals surface area (Å²) in [5.41, 5.74) is -1.76. The van der Waals surface area contributed by atoms with Crippen LogP contribution in [-0.2, 0) is 6.18 Å². The van der Waals surface area contributed by atoms with Crippen LogP contribution >= 0.6 is 0 Å². The van der Waals surface area contributed by atoms with Crippen LogP contribution in [0.2, 0.25) is 0 Å². The SMILES string of the molecule is O=[N+]([O-])c1cc(C(F)(F)F)ccc1-c1cccc(F)c1. The molecular formula is C13H7F4NO2. The van der Waals surface area contributed by atoms with Gasteiger partial charge in [0.1, 0.15) is 5.82 Å². The maximum absolute atomic E-state index is 13.1. The van der Waals surface area contributed by atoms with Crippen molar-refractivity contribution in [1.82, 2.24) is 0 Å². The molecule has 104 valence electrons. The highest BCUT2D eigenvalue weighted by atomic mass is 19.4. The van der Waals surface area contributed by atoms with Crippen LogP contribution in [0.15, 0.2) is 42.5 Å². The predicted molar refractivity (Wildman–Crippen MR) is 63.5 cm³/mol. The summed E-state index contributed by atoms with van der Waals surface area (Å²) in [5.74, 6) is -0.628. The minimum Gasteiger partial charge on any atom is -0.258 e. The van der Waals surface area contributed by atoms with Crippen molar-refractivity contribution < 1.29 is 22.5 Å². The van der Waals surface area contributed by atoms with E-state index < -0.39 is 28.2 Å². The van der Waals surface area contributed by atoms with E-state index in [-0.39, 0.29) is 11.1 Å². The Balaban J connectivity index is 2.62. The lowest BCUT2D eigenvalue weighted by Gasteiger charge is -2.09. The summed E-state index contributed by atoms with van der Waals surface area (Å²) in [7, 11) is 0. The molecule has 0 spiro atoms. The number of alkyl halides is 3. The molecule has 0 aromatic heterocycles. The summed E-state index contributed by atoms with van der Waals surface area (Å²) in [6.07, 6.45) is -4.68. The fourth-order valence-corrected chi connectivity index (χ4v) is 1.76. The molecule has 0 radical (unpaired) electrons. The molecule has 0 aliphatic rings. The van der Waals surface area contributed by atoms with Crippen molar-refractivity contribution in [3.05, 3.63) is 64.0 Å². The van der Waals surface area contributed by atoms with Gasteiger partial charge in [0.2, 0.25) is 0 Å². The van der Waals surface area contributed by atoms with Crippen LogP contribution < -0.4 is 0 Å². The Morgan fingerprint density at radius 1 is 1.05 bits per heavy atom. The second-order valence-electron chi connectivity index (χ2n) is 4.00. The van der Waals surface area contributed by atoms with Crippen LogP contribution in [0.1, 0.15) is 5.56 Å². The number of nitro groups is 1. The molecule has 0 amide bonds. The van der Waals surface area contributed by atoms with Crippen molar-refractivity contribution in [1.29, 1.82) is 0 Å². The molecule has 0 N–H and O–H groups in total. The Hall–Kier alpha value is -2.44. The second-order valence-corrected chi connectivity index (χ2v) is 4.00. The van der Waals surface area contributed by atoms with E-state index in [1.165, 1.54) is 12.1 Å². The van der Waals surface area contributed by atoms with Crippen molar-refractivity contribution >= 4 is 5.69 Å². The molecule has 0 fully saturated rings. The van der Waals surface area contributed by atoms with Gasteiger partial charge in [0, 0.05) is 6.07 Å². The highest BCUT2D eigenvalue weighted by Gasteiger charge is 2.33. The van der Waals surface area contributed by atoms with Gasteiger partial charge in [-0.25, -0.2) is 4.39 Å². The minimum atomic E-state index is -4.68. The fourth-order valence-electron chi connectivity index (χ4n) is 1.76. The lowest BCUT2D eigenvalue weighted by molar-refractivity contribution is -0.384. The first-order valence-corrected chi connectivity index (χ1v) is 5.40. The van der Waals surface area contributed by atoms with E-state index in [9.17, 15) is 27.7 Å². The van der Waals surface area contributed by atoms with Crippen LogP contribution in [0.5, 0.6) is 0 Å². The Bertz CT molecular complexity index is 668. The lowest BCUT2D eigenvalue weighted by atomic mass is 10.0. The molecule has 0 aliphatic carbocycles. The summed E-state index contributed by atoms with van der Waals surface area (Å²) in [6.45, 7) is 0. The van der Waals surface area contributed by atoms with Crippen molar-refractivity contribution in [3.8, 4) is 11.1 Å². The van der Waals surface area contributed by atoms with E-state index >= 15 is 0 Å². The van der Waals surface area contributed by atoms with Crippen LogP contribution in [-0.4, -0.2) is 4.92 Å². The quantitative estimate of drug-likeness (QED) is 0.465. The molecule has 3 nitrogen and oxygen atoms in total. The van der Waals surface area contributed by atoms with E-state index in [1.54, 1.807) is 0 Å². The van der Waals surface area contributed by atoms with Gasteiger partial charge in [-0.3, -0.25) is 10.1 Å². The summed E-state index contributed by atoms with van der Waals surface area (Å²) in [6, 6.07) is 7.02. The molecule has 0 aliphatic heterocycles. The molecule has 2 aromatic carbocycles. The molecule has 20 heavy (non-hydrogen) atoms. The van der Waals surface area contributed by atoms with Gasteiger partial charge < -0.3 is 0 Å². The van der Waals surface area contributed by atoms with E-state index in [0.717, 1.165) is 24.3 Å². The molecule has 0 bridgehead atoms. The summed E-state index contributed by atoms with van der Waals surface area (Å²) in [4.78, 5) is 9.98. The number of halogens is 4. The summed E-state index contributed by atoms with van der Waals surface area (Å²) < 4.78 is 50.7. The van der Waals surface area contributed by atoms with Crippen LogP contribution in [0, 0.1) is 15.9 Å².